The molecule has 0 aromatic carbocycles. The molecule has 0 atom stereocenters. The molecule has 0 aromatic rings. The molecule has 0 aliphatic heterocycles. The number of rotatable bonds is 3. The number of hydrogen-bond donors (Lipinski definition) is 0. The lowest BCUT2D eigenvalue weighted by Crippen LogP contribution is -2.00. The minimum Gasteiger partial charge on any atom is -0.372 e. The average Bonchev–Trinajstić information content (AvgIpc) is 2.10. The summed E-state index contributed by atoms with van der Waals surface area (Å²) in [5.41, 5.74) is 0.686. The molecular weight excluding hydrogens is 164 g/mol. The zero-order chi connectivity index (χ0) is 10.1. The van der Waals surface area contributed by atoms with Crippen molar-refractivity contribution < 1.29 is 4.74 Å². The van der Waals surface area contributed by atoms with E-state index in [4.69, 9.17) is 4.74 Å². The molecule has 0 heterocycles. The van der Waals surface area contributed by atoms with E-state index in [0.717, 1.165) is 0 Å². The maximum atomic E-state index is 4.79. The van der Waals surface area contributed by atoms with Gasteiger partial charge in [-0.05, 0) is 19.8 Å². The third-order valence-electron chi connectivity index (χ3n) is 1.17. The molecule has 0 spiro atoms. The van der Waals surface area contributed by atoms with Gasteiger partial charge < -0.3 is 4.74 Å². The highest BCUT2D eigenvalue weighted by Gasteiger charge is 1.88. The summed E-state index contributed by atoms with van der Waals surface area (Å²) in [6.45, 7) is 4.44. The minimum atomic E-state index is 0.279. The lowest BCUT2D eigenvalue weighted by Gasteiger charge is -1.92. The molecule has 72 valence electrons. The average molecular weight is 180 g/mol. The summed E-state index contributed by atoms with van der Waals surface area (Å²) in [7, 11) is 3.31. The van der Waals surface area contributed by atoms with Gasteiger partial charge in [-0.15, -0.1) is 0 Å². The molecule has 0 amide bonds. The van der Waals surface area contributed by atoms with Crippen LogP contribution in [0.4, 0.5) is 0 Å². The van der Waals surface area contributed by atoms with Gasteiger partial charge in [-0.1, -0.05) is 5.92 Å². The Morgan fingerprint density at radius 2 is 2.23 bits per heavy atom. The zero-order valence-corrected chi connectivity index (χ0v) is 8.66. The topological polar surface area (TPSA) is 34.0 Å². The second-order valence-electron chi connectivity index (χ2n) is 2.72. The van der Waals surface area contributed by atoms with E-state index in [1.165, 1.54) is 0 Å². The van der Waals surface area contributed by atoms with Gasteiger partial charge in [-0.3, -0.25) is 9.98 Å². The Bertz CT molecular complexity index is 243. The van der Waals surface area contributed by atoms with Gasteiger partial charge in [-0.25, -0.2) is 0 Å². The lowest BCUT2D eigenvalue weighted by atomic mass is 10.3. The van der Waals surface area contributed by atoms with Gasteiger partial charge in [0.05, 0.1) is 6.21 Å². The standard InChI is InChI=1S/C10H16N2O/c1-9(2)12-8-10(11-3)6-5-7-13-4/h8-9H,7H2,1-4H3/b11-10-,12-8-. The van der Waals surface area contributed by atoms with Crippen molar-refractivity contribution in [1.29, 1.82) is 0 Å². The van der Waals surface area contributed by atoms with Crippen LogP contribution >= 0.6 is 0 Å². The Morgan fingerprint density at radius 3 is 2.69 bits per heavy atom. The molecule has 0 unspecified atom stereocenters. The summed E-state index contributed by atoms with van der Waals surface area (Å²) >= 11 is 0. The molecule has 0 aromatic heterocycles. The van der Waals surface area contributed by atoms with Gasteiger partial charge in [-0.2, -0.15) is 0 Å². The predicted octanol–water partition coefficient (Wildman–Crippen LogP) is 1.19. The molecule has 3 heteroatoms. The van der Waals surface area contributed by atoms with Gasteiger partial charge in [0.2, 0.25) is 0 Å². The van der Waals surface area contributed by atoms with Gasteiger partial charge >= 0.3 is 0 Å². The lowest BCUT2D eigenvalue weighted by molar-refractivity contribution is 0.240. The van der Waals surface area contributed by atoms with Gasteiger partial charge in [0, 0.05) is 20.2 Å². The first-order valence-electron chi connectivity index (χ1n) is 4.18. The van der Waals surface area contributed by atoms with E-state index in [1.54, 1.807) is 20.4 Å². The SMILES string of the molecule is C/N=C(C#CCOC)\C=N/C(C)C. The Balaban J connectivity index is 4.16. The third-order valence-corrected chi connectivity index (χ3v) is 1.17. The maximum absolute atomic E-state index is 4.79. The Labute approximate surface area is 79.9 Å². The fourth-order valence-electron chi connectivity index (χ4n) is 0.564. The number of methoxy groups -OCH3 is 1. The first kappa shape index (κ1) is 11.9. The van der Waals surface area contributed by atoms with Gasteiger partial charge in [0.15, 0.2) is 0 Å². The Morgan fingerprint density at radius 1 is 1.54 bits per heavy atom. The van der Waals surface area contributed by atoms with Gasteiger partial charge in [0.1, 0.15) is 12.3 Å². The quantitative estimate of drug-likeness (QED) is 0.474. The monoisotopic (exact) mass is 180 g/mol. The fourth-order valence-corrected chi connectivity index (χ4v) is 0.564. The van der Waals surface area contributed by atoms with Crippen LogP contribution in [0.5, 0.6) is 0 Å². The van der Waals surface area contributed by atoms with Crippen LogP contribution in [0.3, 0.4) is 0 Å². The molecule has 0 bridgehead atoms. The van der Waals surface area contributed by atoms with Crippen molar-refractivity contribution in [3.63, 3.8) is 0 Å². The van der Waals surface area contributed by atoms with Crippen LogP contribution in [0.15, 0.2) is 9.98 Å². The summed E-state index contributed by atoms with van der Waals surface area (Å²) in [6.07, 6.45) is 1.69. The van der Waals surface area contributed by atoms with E-state index >= 15 is 0 Å². The molecule has 0 saturated heterocycles. The first-order chi connectivity index (χ1) is 6.20. The highest BCUT2D eigenvalue weighted by Crippen LogP contribution is 1.83. The van der Waals surface area contributed by atoms with Crippen molar-refractivity contribution in [1.82, 2.24) is 0 Å². The summed E-state index contributed by atoms with van der Waals surface area (Å²) in [5.74, 6) is 5.67. The molecule has 0 saturated carbocycles. The highest BCUT2D eigenvalue weighted by molar-refractivity contribution is 6.38. The van der Waals surface area contributed by atoms with Gasteiger partial charge in [0.25, 0.3) is 0 Å². The molecule has 0 radical (unpaired) electrons. The normalized spacial score (nSPS) is 11.9. The predicted molar refractivity (Wildman–Crippen MR) is 56.6 cm³/mol. The van der Waals surface area contributed by atoms with Crippen molar-refractivity contribution in [3.8, 4) is 11.8 Å². The smallest absolute Gasteiger partial charge is 0.125 e. The summed E-state index contributed by atoms with van der Waals surface area (Å²) in [4.78, 5) is 8.15. The summed E-state index contributed by atoms with van der Waals surface area (Å²) in [6, 6.07) is 0.279. The van der Waals surface area contributed by atoms with Crippen LogP contribution in [0.2, 0.25) is 0 Å². The van der Waals surface area contributed by atoms with E-state index < -0.39 is 0 Å². The van der Waals surface area contributed by atoms with E-state index in [-0.39, 0.29) is 6.04 Å². The largest absolute Gasteiger partial charge is 0.372 e. The summed E-state index contributed by atoms with van der Waals surface area (Å²) in [5, 5.41) is 0. The molecule has 3 nitrogen and oxygen atoms in total. The number of aliphatic imine (C=N–C) groups is 2. The van der Waals surface area contributed by atoms with Crippen LogP contribution in [-0.2, 0) is 4.74 Å². The molecule has 0 aliphatic carbocycles. The molecule has 0 N–H and O–H groups in total. The first-order valence-corrected chi connectivity index (χ1v) is 4.18. The highest BCUT2D eigenvalue weighted by atomic mass is 16.5. The van der Waals surface area contributed by atoms with Crippen LogP contribution in [0, 0.1) is 11.8 Å². The van der Waals surface area contributed by atoms with Crippen molar-refractivity contribution in [2.75, 3.05) is 20.8 Å². The number of hydrogen-bond acceptors (Lipinski definition) is 3. The van der Waals surface area contributed by atoms with Crippen molar-refractivity contribution >= 4 is 11.9 Å². The van der Waals surface area contributed by atoms with E-state index in [9.17, 15) is 0 Å². The molecule has 0 aliphatic rings. The molecule has 0 rings (SSSR count). The van der Waals surface area contributed by atoms with Crippen LogP contribution in [0.25, 0.3) is 0 Å². The van der Waals surface area contributed by atoms with Crippen LogP contribution in [-0.4, -0.2) is 38.7 Å². The second-order valence-corrected chi connectivity index (χ2v) is 2.72. The van der Waals surface area contributed by atoms with Crippen molar-refractivity contribution in [3.05, 3.63) is 0 Å². The molecule has 0 fully saturated rings. The van der Waals surface area contributed by atoms with E-state index in [2.05, 4.69) is 21.8 Å². The maximum Gasteiger partial charge on any atom is 0.125 e. The summed E-state index contributed by atoms with van der Waals surface area (Å²) < 4.78 is 4.79. The Hall–Kier alpha value is -1.14. The second kappa shape index (κ2) is 7.51. The van der Waals surface area contributed by atoms with Crippen LogP contribution in [0.1, 0.15) is 13.8 Å². The Kier molecular flexibility index (Phi) is 6.85. The number of nitrogens with zero attached hydrogens (tertiary/aromatic N) is 2. The fraction of sp³-hybridized carbons (Fsp3) is 0.600. The number of ether oxygens (including phenoxy) is 1. The minimum absolute atomic E-state index is 0.279. The van der Waals surface area contributed by atoms with E-state index in [0.29, 0.717) is 12.3 Å². The molecular formula is C10H16N2O. The third kappa shape index (κ3) is 7.23. The van der Waals surface area contributed by atoms with Crippen molar-refractivity contribution in [2.24, 2.45) is 9.98 Å². The van der Waals surface area contributed by atoms with Crippen LogP contribution < -0.4 is 0 Å². The molecule has 13 heavy (non-hydrogen) atoms. The van der Waals surface area contributed by atoms with E-state index in [1.807, 2.05) is 13.8 Å². The van der Waals surface area contributed by atoms with Crippen molar-refractivity contribution in [2.45, 2.75) is 19.9 Å². The zero-order valence-electron chi connectivity index (χ0n) is 8.66.